The maximum atomic E-state index is 4.64. The summed E-state index contributed by atoms with van der Waals surface area (Å²) in [5.74, 6) is 2.76. The molecule has 100 valence electrons. The van der Waals surface area contributed by atoms with Crippen molar-refractivity contribution in [2.75, 3.05) is 0 Å². The largest absolute Gasteiger partial charge is 0.237 e. The SMILES string of the molecule is Cc1nc(CSCc2ccccc2)nc2ccccc12. The maximum Gasteiger partial charge on any atom is 0.139 e. The first-order valence-electron chi connectivity index (χ1n) is 6.67. The van der Waals surface area contributed by atoms with E-state index in [1.54, 1.807) is 0 Å². The zero-order valence-corrected chi connectivity index (χ0v) is 12.2. The Bertz CT molecular complexity index is 711. The monoisotopic (exact) mass is 280 g/mol. The number of hydrogen-bond donors (Lipinski definition) is 0. The van der Waals surface area contributed by atoms with Gasteiger partial charge in [0.2, 0.25) is 0 Å². The molecule has 1 heterocycles. The number of para-hydroxylation sites is 1. The Kier molecular flexibility index (Phi) is 3.97. The molecule has 3 aromatic rings. The molecule has 0 saturated heterocycles. The highest BCUT2D eigenvalue weighted by Crippen LogP contribution is 2.19. The van der Waals surface area contributed by atoms with Crippen molar-refractivity contribution < 1.29 is 0 Å². The van der Waals surface area contributed by atoms with E-state index in [0.717, 1.165) is 33.9 Å². The van der Waals surface area contributed by atoms with Gasteiger partial charge in [0.15, 0.2) is 0 Å². The summed E-state index contributed by atoms with van der Waals surface area (Å²) in [7, 11) is 0. The fourth-order valence-electron chi connectivity index (χ4n) is 2.19. The van der Waals surface area contributed by atoms with Crippen LogP contribution in [0.25, 0.3) is 10.9 Å². The van der Waals surface area contributed by atoms with Crippen LogP contribution in [0.3, 0.4) is 0 Å². The van der Waals surface area contributed by atoms with E-state index in [1.165, 1.54) is 5.56 Å². The van der Waals surface area contributed by atoms with E-state index in [9.17, 15) is 0 Å². The molecule has 0 amide bonds. The van der Waals surface area contributed by atoms with Gasteiger partial charge in [0, 0.05) is 16.8 Å². The number of hydrogen-bond acceptors (Lipinski definition) is 3. The van der Waals surface area contributed by atoms with Gasteiger partial charge in [-0.2, -0.15) is 0 Å². The van der Waals surface area contributed by atoms with Crippen LogP contribution in [0.1, 0.15) is 17.1 Å². The van der Waals surface area contributed by atoms with Gasteiger partial charge in [-0.25, -0.2) is 9.97 Å². The molecule has 3 heteroatoms. The first-order chi connectivity index (χ1) is 9.83. The van der Waals surface area contributed by atoms with Gasteiger partial charge in [0.1, 0.15) is 5.82 Å². The fraction of sp³-hybridized carbons (Fsp3) is 0.176. The van der Waals surface area contributed by atoms with Crippen LogP contribution in [0, 0.1) is 6.92 Å². The minimum atomic E-state index is 0.848. The molecule has 2 aromatic carbocycles. The smallest absolute Gasteiger partial charge is 0.139 e. The van der Waals surface area contributed by atoms with E-state index in [2.05, 4.69) is 53.3 Å². The summed E-state index contributed by atoms with van der Waals surface area (Å²) < 4.78 is 0. The molecule has 0 fully saturated rings. The zero-order chi connectivity index (χ0) is 13.8. The van der Waals surface area contributed by atoms with Gasteiger partial charge in [-0.15, -0.1) is 11.8 Å². The van der Waals surface area contributed by atoms with Crippen LogP contribution >= 0.6 is 11.8 Å². The molecule has 0 aliphatic carbocycles. The van der Waals surface area contributed by atoms with E-state index < -0.39 is 0 Å². The average Bonchev–Trinajstić information content (AvgIpc) is 2.48. The Morgan fingerprint density at radius 1 is 0.850 bits per heavy atom. The summed E-state index contributed by atoms with van der Waals surface area (Å²) in [4.78, 5) is 9.24. The second-order valence-electron chi connectivity index (χ2n) is 4.72. The van der Waals surface area contributed by atoms with Crippen molar-refractivity contribution in [3.63, 3.8) is 0 Å². The minimum absolute atomic E-state index is 0.848. The lowest BCUT2D eigenvalue weighted by Gasteiger charge is -2.05. The molecule has 3 rings (SSSR count). The van der Waals surface area contributed by atoms with E-state index in [4.69, 9.17) is 0 Å². The Labute approximate surface area is 123 Å². The molecule has 0 aliphatic rings. The quantitative estimate of drug-likeness (QED) is 0.709. The molecular formula is C17H16N2S. The summed E-state index contributed by atoms with van der Waals surface area (Å²) in [6.45, 7) is 2.05. The molecule has 0 spiro atoms. The minimum Gasteiger partial charge on any atom is -0.237 e. The number of thioether (sulfide) groups is 1. The third-order valence-electron chi connectivity index (χ3n) is 3.18. The van der Waals surface area contributed by atoms with Crippen LogP contribution in [-0.4, -0.2) is 9.97 Å². The van der Waals surface area contributed by atoms with Gasteiger partial charge in [0.05, 0.1) is 11.3 Å². The topological polar surface area (TPSA) is 25.8 Å². The van der Waals surface area contributed by atoms with E-state index in [0.29, 0.717) is 0 Å². The molecule has 0 N–H and O–H groups in total. The number of fused-ring (bicyclic) bond motifs is 1. The lowest BCUT2D eigenvalue weighted by molar-refractivity contribution is 1.03. The van der Waals surface area contributed by atoms with Gasteiger partial charge in [0.25, 0.3) is 0 Å². The Balaban J connectivity index is 1.72. The number of aromatic nitrogens is 2. The standard InChI is InChI=1S/C17H16N2S/c1-13-15-9-5-6-10-16(15)19-17(18-13)12-20-11-14-7-3-2-4-8-14/h2-10H,11-12H2,1H3. The van der Waals surface area contributed by atoms with Crippen LogP contribution in [0.4, 0.5) is 0 Å². The Morgan fingerprint density at radius 3 is 2.45 bits per heavy atom. The van der Waals surface area contributed by atoms with Gasteiger partial charge in [-0.05, 0) is 18.6 Å². The highest BCUT2D eigenvalue weighted by atomic mass is 32.2. The van der Waals surface area contributed by atoms with Gasteiger partial charge in [-0.1, -0.05) is 48.5 Å². The molecule has 0 atom stereocenters. The summed E-state index contributed by atoms with van der Waals surface area (Å²) in [5, 5.41) is 1.14. The summed E-state index contributed by atoms with van der Waals surface area (Å²) in [6, 6.07) is 18.7. The molecule has 0 unspecified atom stereocenters. The zero-order valence-electron chi connectivity index (χ0n) is 11.4. The summed E-state index contributed by atoms with van der Waals surface area (Å²) in [6.07, 6.45) is 0. The Hall–Kier alpha value is -1.87. The van der Waals surface area contributed by atoms with Crippen LogP contribution in [-0.2, 0) is 11.5 Å². The predicted molar refractivity (Wildman–Crippen MR) is 85.7 cm³/mol. The van der Waals surface area contributed by atoms with Crippen LogP contribution in [0.5, 0.6) is 0 Å². The van der Waals surface area contributed by atoms with Crippen LogP contribution in [0.2, 0.25) is 0 Å². The molecule has 0 saturated carbocycles. The lowest BCUT2D eigenvalue weighted by atomic mass is 10.2. The first-order valence-corrected chi connectivity index (χ1v) is 7.82. The van der Waals surface area contributed by atoms with Gasteiger partial charge < -0.3 is 0 Å². The van der Waals surface area contributed by atoms with Crippen LogP contribution < -0.4 is 0 Å². The molecule has 20 heavy (non-hydrogen) atoms. The molecule has 0 bridgehead atoms. The van der Waals surface area contributed by atoms with Gasteiger partial charge >= 0.3 is 0 Å². The van der Waals surface area contributed by atoms with Crippen molar-refractivity contribution in [2.45, 2.75) is 18.4 Å². The summed E-state index contributed by atoms with van der Waals surface area (Å²) >= 11 is 1.85. The normalized spacial score (nSPS) is 10.8. The highest BCUT2D eigenvalue weighted by Gasteiger charge is 2.04. The number of rotatable bonds is 4. The van der Waals surface area contributed by atoms with E-state index >= 15 is 0 Å². The van der Waals surface area contributed by atoms with E-state index in [1.807, 2.05) is 30.0 Å². The number of benzene rings is 2. The fourth-order valence-corrected chi connectivity index (χ4v) is 3.04. The second-order valence-corrected chi connectivity index (χ2v) is 5.71. The number of nitrogens with zero attached hydrogens (tertiary/aromatic N) is 2. The highest BCUT2D eigenvalue weighted by molar-refractivity contribution is 7.97. The van der Waals surface area contributed by atoms with Crippen LogP contribution in [0.15, 0.2) is 54.6 Å². The third-order valence-corrected chi connectivity index (χ3v) is 4.18. The molecule has 0 aliphatic heterocycles. The molecule has 2 nitrogen and oxygen atoms in total. The average molecular weight is 280 g/mol. The first kappa shape index (κ1) is 13.1. The van der Waals surface area contributed by atoms with Gasteiger partial charge in [-0.3, -0.25) is 0 Å². The van der Waals surface area contributed by atoms with Crippen molar-refractivity contribution in [1.29, 1.82) is 0 Å². The predicted octanol–water partition coefficient (Wildman–Crippen LogP) is 4.37. The molecular weight excluding hydrogens is 264 g/mol. The van der Waals surface area contributed by atoms with Crippen molar-refractivity contribution in [1.82, 2.24) is 9.97 Å². The maximum absolute atomic E-state index is 4.64. The van der Waals surface area contributed by atoms with Crippen molar-refractivity contribution in [3.05, 3.63) is 71.7 Å². The lowest BCUT2D eigenvalue weighted by Crippen LogP contribution is -1.97. The molecule has 0 radical (unpaired) electrons. The van der Waals surface area contributed by atoms with Crippen molar-refractivity contribution in [2.24, 2.45) is 0 Å². The summed E-state index contributed by atoms with van der Waals surface area (Å²) in [5.41, 5.74) is 3.44. The third kappa shape index (κ3) is 2.99. The van der Waals surface area contributed by atoms with Crippen molar-refractivity contribution in [3.8, 4) is 0 Å². The van der Waals surface area contributed by atoms with E-state index in [-0.39, 0.29) is 0 Å². The Morgan fingerprint density at radius 2 is 1.60 bits per heavy atom. The molecule has 1 aromatic heterocycles. The van der Waals surface area contributed by atoms with Crippen molar-refractivity contribution >= 4 is 22.7 Å². The second kappa shape index (κ2) is 6.06. The number of aryl methyl sites for hydroxylation is 1.